The van der Waals surface area contributed by atoms with Crippen LogP contribution in [-0.4, -0.2) is 35.1 Å². The number of hydrogen-bond acceptors (Lipinski definition) is 6. The molecule has 0 amide bonds. The number of rotatable bonds is 3. The highest BCUT2D eigenvalue weighted by atomic mass is 32.1. The molecule has 118 valence electrons. The first-order valence-electron chi connectivity index (χ1n) is 7.62. The number of aromatic nitrogens is 3. The topological polar surface area (TPSA) is 53.9 Å². The zero-order valence-electron chi connectivity index (χ0n) is 12.7. The zero-order chi connectivity index (χ0) is 15.8. The van der Waals surface area contributed by atoms with E-state index in [9.17, 15) is 4.39 Å². The van der Waals surface area contributed by atoms with Crippen LogP contribution >= 0.6 is 11.3 Å². The van der Waals surface area contributed by atoms with Gasteiger partial charge in [-0.25, -0.2) is 15.0 Å². The molecule has 1 aliphatic rings. The molecule has 1 saturated heterocycles. The summed E-state index contributed by atoms with van der Waals surface area (Å²) in [6.45, 7) is 1.90. The van der Waals surface area contributed by atoms with Crippen LogP contribution in [0, 0.1) is 5.95 Å². The second kappa shape index (κ2) is 5.73. The van der Waals surface area contributed by atoms with Gasteiger partial charge in [0.2, 0.25) is 5.95 Å². The quantitative estimate of drug-likeness (QED) is 0.745. The van der Waals surface area contributed by atoms with Crippen LogP contribution in [0.3, 0.4) is 0 Å². The molecule has 5 nitrogen and oxygen atoms in total. The third-order valence-electron chi connectivity index (χ3n) is 4.00. The summed E-state index contributed by atoms with van der Waals surface area (Å²) in [6.07, 6.45) is 2.28. The highest BCUT2D eigenvalue weighted by molar-refractivity contribution is 7.21. The van der Waals surface area contributed by atoms with Crippen LogP contribution in [0.25, 0.3) is 20.9 Å². The normalized spacial score (nSPS) is 14.6. The zero-order valence-corrected chi connectivity index (χ0v) is 13.5. The van der Waals surface area contributed by atoms with Crippen LogP contribution < -0.4 is 10.2 Å². The molecule has 4 rings (SSSR count). The summed E-state index contributed by atoms with van der Waals surface area (Å²) in [4.78, 5) is 15.1. The van der Waals surface area contributed by atoms with Crippen LogP contribution in [0.4, 0.5) is 16.0 Å². The van der Waals surface area contributed by atoms with E-state index >= 15 is 0 Å². The van der Waals surface area contributed by atoms with E-state index < -0.39 is 5.95 Å². The van der Waals surface area contributed by atoms with Crippen LogP contribution in [-0.2, 0) is 0 Å². The lowest BCUT2D eigenvalue weighted by Gasteiger charge is -2.16. The van der Waals surface area contributed by atoms with Gasteiger partial charge in [0.25, 0.3) is 0 Å². The van der Waals surface area contributed by atoms with Crippen molar-refractivity contribution in [2.24, 2.45) is 0 Å². The molecule has 0 bridgehead atoms. The Morgan fingerprint density at radius 3 is 2.65 bits per heavy atom. The maximum atomic E-state index is 14.5. The minimum atomic E-state index is -0.470. The van der Waals surface area contributed by atoms with Gasteiger partial charge in [-0.1, -0.05) is 0 Å². The van der Waals surface area contributed by atoms with E-state index in [1.54, 1.807) is 6.07 Å². The molecule has 4 heterocycles. The second-order valence-electron chi connectivity index (χ2n) is 5.49. The van der Waals surface area contributed by atoms with Crippen molar-refractivity contribution in [2.45, 2.75) is 12.8 Å². The van der Waals surface area contributed by atoms with Gasteiger partial charge in [0.05, 0.1) is 10.3 Å². The van der Waals surface area contributed by atoms with Crippen molar-refractivity contribution in [2.75, 3.05) is 30.4 Å². The summed E-state index contributed by atoms with van der Waals surface area (Å²) in [5, 5.41) is 3.59. The predicted octanol–water partition coefficient (Wildman–Crippen LogP) is 3.53. The fourth-order valence-electron chi connectivity index (χ4n) is 2.78. The van der Waals surface area contributed by atoms with E-state index in [0.29, 0.717) is 22.0 Å². The molecule has 0 unspecified atom stereocenters. The van der Waals surface area contributed by atoms with E-state index in [0.717, 1.165) is 36.4 Å². The number of hydrogen-bond donors (Lipinski definition) is 1. The fraction of sp³-hybridized carbons (Fsp3) is 0.312. The molecule has 0 saturated carbocycles. The molecule has 0 atom stereocenters. The first-order valence-corrected chi connectivity index (χ1v) is 8.43. The lowest BCUT2D eigenvalue weighted by atomic mass is 10.3. The van der Waals surface area contributed by atoms with E-state index in [1.807, 2.05) is 25.2 Å². The summed E-state index contributed by atoms with van der Waals surface area (Å²) < 4.78 is 15.4. The fourth-order valence-corrected chi connectivity index (χ4v) is 3.70. The lowest BCUT2D eigenvalue weighted by Crippen LogP contribution is -2.19. The summed E-state index contributed by atoms with van der Waals surface area (Å²) in [7, 11) is 1.81. The molecule has 0 aromatic carbocycles. The molecular weight excluding hydrogens is 313 g/mol. The highest BCUT2D eigenvalue weighted by Crippen LogP contribution is 2.32. The predicted molar refractivity (Wildman–Crippen MR) is 91.6 cm³/mol. The Balaban J connectivity index is 1.72. The molecule has 23 heavy (non-hydrogen) atoms. The minimum Gasteiger partial charge on any atom is -0.373 e. The second-order valence-corrected chi connectivity index (χ2v) is 6.52. The van der Waals surface area contributed by atoms with E-state index in [4.69, 9.17) is 0 Å². The van der Waals surface area contributed by atoms with Crippen molar-refractivity contribution in [1.82, 2.24) is 15.0 Å². The number of nitrogens with one attached hydrogen (secondary N) is 1. The minimum absolute atomic E-state index is 0.432. The number of pyridine rings is 2. The highest BCUT2D eigenvalue weighted by Gasteiger charge is 2.18. The molecule has 1 fully saturated rings. The summed E-state index contributed by atoms with van der Waals surface area (Å²) in [5.41, 5.74) is 1.06. The summed E-state index contributed by atoms with van der Waals surface area (Å²) in [6, 6.07) is 7.48. The first-order chi connectivity index (χ1) is 11.2. The van der Waals surface area contributed by atoms with Crippen molar-refractivity contribution in [3.8, 4) is 10.6 Å². The van der Waals surface area contributed by atoms with Crippen LogP contribution in [0.5, 0.6) is 0 Å². The average Bonchev–Trinajstić information content (AvgIpc) is 3.23. The Hall–Kier alpha value is -2.28. The Morgan fingerprint density at radius 1 is 1.09 bits per heavy atom. The molecule has 7 heteroatoms. The van der Waals surface area contributed by atoms with Gasteiger partial charge in [-0.3, -0.25) is 0 Å². The van der Waals surface area contributed by atoms with Gasteiger partial charge in [-0.05, 0) is 37.1 Å². The smallest absolute Gasteiger partial charge is 0.225 e. The molecule has 1 N–H and O–H groups in total. The van der Waals surface area contributed by atoms with E-state index in [2.05, 4.69) is 25.2 Å². The van der Waals surface area contributed by atoms with Gasteiger partial charge in [-0.2, -0.15) is 4.39 Å². The third-order valence-corrected chi connectivity index (χ3v) is 5.05. The van der Waals surface area contributed by atoms with Crippen molar-refractivity contribution >= 4 is 33.3 Å². The SMILES string of the molecule is CNc1ccc2sc(-c3ccc(N4CCCC4)nc3F)nc2n1. The standard InChI is InChI=1S/C16H16FN5S/c1-18-12-6-5-11-15(19-12)21-16(23-11)10-4-7-13(20-14(10)17)22-8-2-3-9-22/h4-7H,2-3,8-9H2,1H3,(H,18,19). The van der Waals surface area contributed by atoms with Crippen LogP contribution in [0.2, 0.25) is 0 Å². The molecule has 0 aliphatic carbocycles. The first kappa shape index (κ1) is 14.3. The van der Waals surface area contributed by atoms with Crippen LogP contribution in [0.15, 0.2) is 24.3 Å². The Labute approximate surface area is 137 Å². The maximum absolute atomic E-state index is 14.5. The van der Waals surface area contributed by atoms with Crippen LogP contribution in [0.1, 0.15) is 12.8 Å². The monoisotopic (exact) mass is 329 g/mol. The van der Waals surface area contributed by atoms with E-state index in [1.165, 1.54) is 11.3 Å². The van der Waals surface area contributed by atoms with Crippen molar-refractivity contribution in [3.63, 3.8) is 0 Å². The third kappa shape index (κ3) is 2.61. The van der Waals surface area contributed by atoms with Gasteiger partial charge < -0.3 is 10.2 Å². The molecule has 3 aromatic rings. The van der Waals surface area contributed by atoms with Gasteiger partial charge in [0.1, 0.15) is 16.6 Å². The number of fused-ring (bicyclic) bond motifs is 1. The maximum Gasteiger partial charge on any atom is 0.225 e. The molecule has 0 radical (unpaired) electrons. The lowest BCUT2D eigenvalue weighted by molar-refractivity contribution is 0.586. The van der Waals surface area contributed by atoms with E-state index in [-0.39, 0.29) is 0 Å². The molecule has 3 aromatic heterocycles. The van der Waals surface area contributed by atoms with Gasteiger partial charge in [-0.15, -0.1) is 11.3 Å². The molecular formula is C16H16FN5S. The van der Waals surface area contributed by atoms with Crippen molar-refractivity contribution in [3.05, 3.63) is 30.2 Å². The molecule has 0 spiro atoms. The Morgan fingerprint density at radius 2 is 1.91 bits per heavy atom. The molecule has 1 aliphatic heterocycles. The number of thiazole rings is 1. The largest absolute Gasteiger partial charge is 0.373 e. The van der Waals surface area contributed by atoms with Gasteiger partial charge in [0, 0.05) is 20.1 Å². The Bertz CT molecular complexity index is 857. The summed E-state index contributed by atoms with van der Waals surface area (Å²) >= 11 is 1.43. The number of anilines is 2. The summed E-state index contributed by atoms with van der Waals surface area (Å²) in [5.74, 6) is 0.986. The van der Waals surface area contributed by atoms with Gasteiger partial charge >= 0.3 is 0 Å². The van der Waals surface area contributed by atoms with Crippen molar-refractivity contribution in [1.29, 1.82) is 0 Å². The Kier molecular flexibility index (Phi) is 3.57. The number of halogens is 1. The van der Waals surface area contributed by atoms with Gasteiger partial charge in [0.15, 0.2) is 5.65 Å². The number of nitrogens with zero attached hydrogens (tertiary/aromatic N) is 4. The van der Waals surface area contributed by atoms with Crippen molar-refractivity contribution < 1.29 is 4.39 Å². The average molecular weight is 329 g/mol.